The highest BCUT2D eigenvalue weighted by Crippen LogP contribution is 2.17. The van der Waals surface area contributed by atoms with Gasteiger partial charge in [0.15, 0.2) is 0 Å². The van der Waals surface area contributed by atoms with Gasteiger partial charge >= 0.3 is 0 Å². The molecule has 0 aromatic heterocycles. The number of halogens is 1. The summed E-state index contributed by atoms with van der Waals surface area (Å²) in [5.74, 6) is -0.211. The van der Waals surface area contributed by atoms with Gasteiger partial charge in [-0.25, -0.2) is 4.39 Å². The van der Waals surface area contributed by atoms with Crippen molar-refractivity contribution >= 4 is 17.3 Å². The van der Waals surface area contributed by atoms with Gasteiger partial charge in [-0.3, -0.25) is 4.79 Å². The van der Waals surface area contributed by atoms with E-state index in [9.17, 15) is 9.18 Å². The van der Waals surface area contributed by atoms with Gasteiger partial charge in [-0.15, -0.1) is 0 Å². The zero-order chi connectivity index (χ0) is 15.2. The Morgan fingerprint density at radius 2 is 1.95 bits per heavy atom. The van der Waals surface area contributed by atoms with E-state index in [-0.39, 0.29) is 11.3 Å². The van der Waals surface area contributed by atoms with E-state index in [0.717, 1.165) is 24.3 Å². The van der Waals surface area contributed by atoms with Crippen molar-refractivity contribution in [2.45, 2.75) is 13.3 Å². The summed E-state index contributed by atoms with van der Waals surface area (Å²) in [5.41, 5.74) is 6.51. The number of amides is 1. The number of carbonyl (C=O) groups is 1. The van der Waals surface area contributed by atoms with Gasteiger partial charge in [0.25, 0.3) is 5.91 Å². The molecular formula is C16H17FN2O2. The number of carbonyl (C=O) groups excluding carboxylic acids is 1. The fourth-order valence-corrected chi connectivity index (χ4v) is 1.80. The van der Waals surface area contributed by atoms with Crippen LogP contribution >= 0.6 is 0 Å². The molecule has 2 aromatic rings. The van der Waals surface area contributed by atoms with Crippen LogP contribution in [0.4, 0.5) is 15.8 Å². The third kappa shape index (κ3) is 4.21. The van der Waals surface area contributed by atoms with Crippen molar-refractivity contribution < 1.29 is 13.9 Å². The summed E-state index contributed by atoms with van der Waals surface area (Å²) in [4.78, 5) is 12.0. The maximum absolute atomic E-state index is 13.2. The molecule has 0 radical (unpaired) electrons. The number of benzene rings is 2. The minimum Gasteiger partial charge on any atom is -0.494 e. The van der Waals surface area contributed by atoms with Crippen LogP contribution in [-0.2, 0) is 0 Å². The first-order valence-corrected chi connectivity index (χ1v) is 6.69. The molecule has 0 heterocycles. The number of hydrogen-bond acceptors (Lipinski definition) is 3. The van der Waals surface area contributed by atoms with Crippen molar-refractivity contribution in [2.24, 2.45) is 0 Å². The van der Waals surface area contributed by atoms with Crippen LogP contribution in [-0.4, -0.2) is 12.5 Å². The lowest BCUT2D eigenvalue weighted by Crippen LogP contribution is -2.12. The molecular weight excluding hydrogens is 271 g/mol. The number of anilines is 2. The highest BCUT2D eigenvalue weighted by atomic mass is 19.1. The number of nitrogens with two attached hydrogens (primary N) is 1. The van der Waals surface area contributed by atoms with Gasteiger partial charge in [0.2, 0.25) is 0 Å². The molecule has 0 bridgehead atoms. The third-order valence-electron chi connectivity index (χ3n) is 2.77. The molecule has 0 atom stereocenters. The number of rotatable bonds is 5. The summed E-state index contributed by atoms with van der Waals surface area (Å²) < 4.78 is 18.7. The second-order valence-corrected chi connectivity index (χ2v) is 4.60. The Balaban J connectivity index is 2.05. The second-order valence-electron chi connectivity index (χ2n) is 4.60. The van der Waals surface area contributed by atoms with Gasteiger partial charge in [0.1, 0.15) is 11.6 Å². The van der Waals surface area contributed by atoms with Crippen molar-refractivity contribution in [3.05, 3.63) is 53.8 Å². The Labute approximate surface area is 122 Å². The topological polar surface area (TPSA) is 64.3 Å². The average molecular weight is 288 g/mol. The quantitative estimate of drug-likeness (QED) is 0.828. The molecule has 2 aromatic carbocycles. The summed E-state index contributed by atoms with van der Waals surface area (Å²) in [5, 5.41) is 2.68. The molecule has 5 heteroatoms. The molecule has 110 valence electrons. The van der Waals surface area contributed by atoms with Crippen molar-refractivity contribution in [1.29, 1.82) is 0 Å². The molecule has 3 N–H and O–H groups in total. The number of nitrogen functional groups attached to an aromatic ring is 1. The minimum absolute atomic E-state index is 0.179. The van der Waals surface area contributed by atoms with Crippen molar-refractivity contribution in [3.63, 3.8) is 0 Å². The highest BCUT2D eigenvalue weighted by molar-refractivity contribution is 6.04. The van der Waals surface area contributed by atoms with Gasteiger partial charge in [-0.05, 0) is 48.9 Å². The molecule has 0 unspecified atom stereocenters. The van der Waals surface area contributed by atoms with Gasteiger partial charge in [-0.1, -0.05) is 6.92 Å². The molecule has 0 saturated heterocycles. The largest absolute Gasteiger partial charge is 0.494 e. The van der Waals surface area contributed by atoms with Crippen molar-refractivity contribution in [3.8, 4) is 5.75 Å². The first kappa shape index (κ1) is 14.8. The van der Waals surface area contributed by atoms with Crippen LogP contribution in [0.1, 0.15) is 23.7 Å². The Hall–Kier alpha value is -2.56. The summed E-state index contributed by atoms with van der Waals surface area (Å²) >= 11 is 0. The minimum atomic E-state index is -0.538. The molecule has 0 aliphatic rings. The zero-order valence-electron chi connectivity index (χ0n) is 11.7. The Bertz CT molecular complexity index is 606. The van der Waals surface area contributed by atoms with Crippen molar-refractivity contribution in [1.82, 2.24) is 0 Å². The Morgan fingerprint density at radius 3 is 2.57 bits per heavy atom. The van der Waals surface area contributed by atoms with E-state index in [1.165, 1.54) is 6.07 Å². The summed E-state index contributed by atoms with van der Waals surface area (Å²) in [6, 6.07) is 10.7. The summed E-state index contributed by atoms with van der Waals surface area (Å²) in [6.07, 6.45) is 0.930. The van der Waals surface area contributed by atoms with E-state index in [1.54, 1.807) is 24.3 Å². The molecule has 0 aliphatic carbocycles. The zero-order valence-corrected chi connectivity index (χ0v) is 11.7. The van der Waals surface area contributed by atoms with Crippen LogP contribution in [0.25, 0.3) is 0 Å². The van der Waals surface area contributed by atoms with E-state index in [2.05, 4.69) is 5.32 Å². The second kappa shape index (κ2) is 6.74. The summed E-state index contributed by atoms with van der Waals surface area (Å²) in [7, 11) is 0. The van der Waals surface area contributed by atoms with Gasteiger partial charge in [-0.2, -0.15) is 0 Å². The third-order valence-corrected chi connectivity index (χ3v) is 2.77. The van der Waals surface area contributed by atoms with Crippen LogP contribution in [0.5, 0.6) is 5.75 Å². The Kier molecular flexibility index (Phi) is 4.77. The van der Waals surface area contributed by atoms with Gasteiger partial charge < -0.3 is 15.8 Å². The van der Waals surface area contributed by atoms with E-state index < -0.39 is 11.7 Å². The molecule has 4 nitrogen and oxygen atoms in total. The van der Waals surface area contributed by atoms with Crippen LogP contribution < -0.4 is 15.8 Å². The molecule has 21 heavy (non-hydrogen) atoms. The molecule has 1 amide bonds. The molecule has 0 aliphatic heterocycles. The monoisotopic (exact) mass is 288 g/mol. The predicted molar refractivity (Wildman–Crippen MR) is 81.0 cm³/mol. The standard InChI is InChI=1S/C16H17FN2O2/c1-2-7-21-15-5-3-14(4-6-15)19-16(20)11-8-12(17)10-13(18)9-11/h3-6,8-10H,2,7,18H2,1H3,(H,19,20). The van der Waals surface area contributed by atoms with Gasteiger partial charge in [0, 0.05) is 16.9 Å². The smallest absolute Gasteiger partial charge is 0.255 e. The molecule has 2 rings (SSSR count). The van der Waals surface area contributed by atoms with Crippen LogP contribution in [0.15, 0.2) is 42.5 Å². The molecule has 0 fully saturated rings. The molecule has 0 saturated carbocycles. The fraction of sp³-hybridized carbons (Fsp3) is 0.188. The van der Waals surface area contributed by atoms with E-state index >= 15 is 0 Å². The average Bonchev–Trinajstić information content (AvgIpc) is 2.45. The van der Waals surface area contributed by atoms with Crippen LogP contribution in [0, 0.1) is 5.82 Å². The van der Waals surface area contributed by atoms with Gasteiger partial charge in [0.05, 0.1) is 6.61 Å². The predicted octanol–water partition coefficient (Wildman–Crippen LogP) is 3.45. The van der Waals surface area contributed by atoms with E-state index in [0.29, 0.717) is 12.3 Å². The highest BCUT2D eigenvalue weighted by Gasteiger charge is 2.08. The van der Waals surface area contributed by atoms with E-state index in [4.69, 9.17) is 10.5 Å². The SMILES string of the molecule is CCCOc1ccc(NC(=O)c2cc(N)cc(F)c2)cc1. The normalized spacial score (nSPS) is 10.2. The lowest BCUT2D eigenvalue weighted by atomic mass is 10.1. The number of nitrogens with one attached hydrogen (secondary N) is 1. The van der Waals surface area contributed by atoms with E-state index in [1.807, 2.05) is 6.92 Å². The maximum atomic E-state index is 13.2. The van der Waals surface area contributed by atoms with Crippen LogP contribution in [0.3, 0.4) is 0 Å². The number of ether oxygens (including phenoxy) is 1. The summed E-state index contributed by atoms with van der Waals surface area (Å²) in [6.45, 7) is 2.67. The lowest BCUT2D eigenvalue weighted by Gasteiger charge is -2.08. The fourth-order valence-electron chi connectivity index (χ4n) is 1.80. The van der Waals surface area contributed by atoms with Crippen molar-refractivity contribution in [2.75, 3.05) is 17.7 Å². The first-order chi connectivity index (χ1) is 10.1. The maximum Gasteiger partial charge on any atom is 0.255 e. The molecule has 0 spiro atoms. The lowest BCUT2D eigenvalue weighted by molar-refractivity contribution is 0.102. The first-order valence-electron chi connectivity index (χ1n) is 6.69. The number of hydrogen-bond donors (Lipinski definition) is 2. The Morgan fingerprint density at radius 1 is 1.24 bits per heavy atom. The van der Waals surface area contributed by atoms with Crippen LogP contribution in [0.2, 0.25) is 0 Å².